The molecule has 0 saturated heterocycles. The van der Waals surface area contributed by atoms with E-state index in [9.17, 15) is 5.11 Å². The van der Waals surface area contributed by atoms with E-state index in [1.165, 1.54) is 0 Å². The minimum Gasteiger partial charge on any atom is -0.393 e. The van der Waals surface area contributed by atoms with Crippen LogP contribution in [-0.2, 0) is 13.5 Å². The number of aliphatic hydroxyl groups excluding tert-OH is 1. The van der Waals surface area contributed by atoms with E-state index in [1.54, 1.807) is 13.1 Å². The van der Waals surface area contributed by atoms with Gasteiger partial charge in [-0.3, -0.25) is 0 Å². The van der Waals surface area contributed by atoms with Crippen molar-refractivity contribution >= 4 is 11.6 Å². The van der Waals surface area contributed by atoms with Gasteiger partial charge in [-0.05, 0) is 12.8 Å². The molecule has 0 radical (unpaired) electrons. The first kappa shape index (κ1) is 10.5. The van der Waals surface area contributed by atoms with E-state index in [0.29, 0.717) is 5.15 Å². The molecule has 3 nitrogen and oxygen atoms in total. The summed E-state index contributed by atoms with van der Waals surface area (Å²) in [6, 6.07) is 0. The molecule has 1 rings (SSSR count). The second-order valence-electron chi connectivity index (χ2n) is 3.48. The van der Waals surface area contributed by atoms with E-state index in [2.05, 4.69) is 4.98 Å². The van der Waals surface area contributed by atoms with E-state index in [0.717, 1.165) is 12.2 Å². The summed E-state index contributed by atoms with van der Waals surface area (Å²) in [5.74, 6) is 1.12. The fourth-order valence-corrected chi connectivity index (χ4v) is 1.22. The van der Waals surface area contributed by atoms with Crippen LogP contribution in [0.4, 0.5) is 0 Å². The Morgan fingerprint density at radius 2 is 2.23 bits per heavy atom. The monoisotopic (exact) mass is 202 g/mol. The van der Waals surface area contributed by atoms with Crippen LogP contribution in [-0.4, -0.2) is 20.8 Å². The molecule has 1 aromatic rings. The zero-order valence-electron chi connectivity index (χ0n) is 8.16. The SMILES string of the molecule is CC(O)C(C)Cc1ncc(Cl)n1C. The first-order valence-corrected chi connectivity index (χ1v) is 4.74. The van der Waals surface area contributed by atoms with Gasteiger partial charge in [0, 0.05) is 13.5 Å². The molecule has 0 amide bonds. The molecule has 13 heavy (non-hydrogen) atoms. The minimum absolute atomic E-state index is 0.206. The van der Waals surface area contributed by atoms with Crippen LogP contribution in [0.1, 0.15) is 19.7 Å². The molecule has 0 aliphatic rings. The third-order valence-electron chi connectivity index (χ3n) is 2.36. The van der Waals surface area contributed by atoms with Gasteiger partial charge >= 0.3 is 0 Å². The molecule has 2 unspecified atom stereocenters. The van der Waals surface area contributed by atoms with E-state index in [-0.39, 0.29) is 12.0 Å². The zero-order chi connectivity index (χ0) is 10.0. The molecule has 0 aliphatic heterocycles. The Labute approximate surface area is 83.4 Å². The smallest absolute Gasteiger partial charge is 0.128 e. The summed E-state index contributed by atoms with van der Waals surface area (Å²) in [4.78, 5) is 4.16. The summed E-state index contributed by atoms with van der Waals surface area (Å²) in [6.07, 6.45) is 2.07. The lowest BCUT2D eigenvalue weighted by Gasteiger charge is -2.13. The first-order chi connectivity index (χ1) is 6.02. The minimum atomic E-state index is -0.310. The van der Waals surface area contributed by atoms with Gasteiger partial charge in [0.1, 0.15) is 11.0 Å². The van der Waals surface area contributed by atoms with Crippen molar-refractivity contribution in [3.8, 4) is 0 Å². The molecule has 1 N–H and O–H groups in total. The number of rotatable bonds is 3. The number of hydrogen-bond donors (Lipinski definition) is 1. The molecular weight excluding hydrogens is 188 g/mol. The number of aromatic nitrogens is 2. The molecule has 1 heterocycles. The van der Waals surface area contributed by atoms with Crippen LogP contribution in [0, 0.1) is 5.92 Å². The van der Waals surface area contributed by atoms with Crippen molar-refractivity contribution in [2.24, 2.45) is 13.0 Å². The van der Waals surface area contributed by atoms with E-state index in [4.69, 9.17) is 11.6 Å². The van der Waals surface area contributed by atoms with Crippen LogP contribution in [0.25, 0.3) is 0 Å². The Morgan fingerprint density at radius 3 is 2.62 bits per heavy atom. The summed E-state index contributed by atoms with van der Waals surface area (Å²) in [7, 11) is 1.87. The normalized spacial score (nSPS) is 15.8. The van der Waals surface area contributed by atoms with Crippen LogP contribution in [0.3, 0.4) is 0 Å². The van der Waals surface area contributed by atoms with Gasteiger partial charge in [0.2, 0.25) is 0 Å². The quantitative estimate of drug-likeness (QED) is 0.809. The largest absolute Gasteiger partial charge is 0.393 e. The number of nitrogens with zero attached hydrogens (tertiary/aromatic N) is 2. The highest BCUT2D eigenvalue weighted by molar-refractivity contribution is 6.29. The van der Waals surface area contributed by atoms with Crippen LogP contribution in [0.2, 0.25) is 5.15 Å². The van der Waals surface area contributed by atoms with Gasteiger partial charge < -0.3 is 9.67 Å². The number of imidazole rings is 1. The highest BCUT2D eigenvalue weighted by Crippen LogP contribution is 2.14. The maximum absolute atomic E-state index is 9.31. The van der Waals surface area contributed by atoms with Crippen molar-refractivity contribution in [3.05, 3.63) is 17.2 Å². The fourth-order valence-electron chi connectivity index (χ4n) is 1.07. The molecule has 74 valence electrons. The predicted molar refractivity (Wildman–Crippen MR) is 52.8 cm³/mol. The van der Waals surface area contributed by atoms with Gasteiger partial charge in [0.25, 0.3) is 0 Å². The molecule has 0 aliphatic carbocycles. The third-order valence-corrected chi connectivity index (χ3v) is 2.71. The summed E-state index contributed by atoms with van der Waals surface area (Å²) >= 11 is 5.83. The van der Waals surface area contributed by atoms with Crippen molar-refractivity contribution in [1.82, 2.24) is 9.55 Å². The highest BCUT2D eigenvalue weighted by Gasteiger charge is 2.13. The summed E-state index contributed by atoms with van der Waals surface area (Å²) in [5, 5.41) is 9.94. The number of halogens is 1. The van der Waals surface area contributed by atoms with Gasteiger partial charge in [-0.1, -0.05) is 18.5 Å². The maximum Gasteiger partial charge on any atom is 0.128 e. The molecule has 0 saturated carbocycles. The van der Waals surface area contributed by atoms with Gasteiger partial charge in [0.05, 0.1) is 12.3 Å². The Bertz CT molecular complexity index is 283. The second-order valence-corrected chi connectivity index (χ2v) is 3.87. The lowest BCUT2D eigenvalue weighted by Crippen LogP contribution is -2.17. The lowest BCUT2D eigenvalue weighted by atomic mass is 10.0. The van der Waals surface area contributed by atoms with E-state index in [1.807, 2.05) is 18.5 Å². The van der Waals surface area contributed by atoms with Crippen molar-refractivity contribution in [2.45, 2.75) is 26.4 Å². The van der Waals surface area contributed by atoms with Crippen LogP contribution >= 0.6 is 11.6 Å². The molecule has 2 atom stereocenters. The molecule has 4 heteroatoms. The second kappa shape index (κ2) is 4.11. The molecule has 0 aromatic carbocycles. The van der Waals surface area contributed by atoms with Gasteiger partial charge in [-0.15, -0.1) is 0 Å². The fraction of sp³-hybridized carbons (Fsp3) is 0.667. The van der Waals surface area contributed by atoms with Crippen LogP contribution in [0.15, 0.2) is 6.20 Å². The Morgan fingerprint density at radius 1 is 1.62 bits per heavy atom. The molecule has 0 bridgehead atoms. The summed E-state index contributed by atoms with van der Waals surface area (Å²) in [5.41, 5.74) is 0. The topological polar surface area (TPSA) is 38.1 Å². The van der Waals surface area contributed by atoms with Gasteiger partial charge in [-0.25, -0.2) is 4.98 Å². The zero-order valence-corrected chi connectivity index (χ0v) is 8.91. The van der Waals surface area contributed by atoms with Crippen molar-refractivity contribution in [1.29, 1.82) is 0 Å². The average Bonchev–Trinajstić information content (AvgIpc) is 2.36. The molecular formula is C9H15ClN2O. The van der Waals surface area contributed by atoms with Crippen LogP contribution in [0.5, 0.6) is 0 Å². The summed E-state index contributed by atoms with van der Waals surface area (Å²) < 4.78 is 1.83. The van der Waals surface area contributed by atoms with Crippen LogP contribution < -0.4 is 0 Å². The molecule has 1 aromatic heterocycles. The van der Waals surface area contributed by atoms with Crippen molar-refractivity contribution < 1.29 is 5.11 Å². The molecule has 0 spiro atoms. The number of hydrogen-bond acceptors (Lipinski definition) is 2. The Balaban J connectivity index is 2.69. The number of aliphatic hydroxyl groups is 1. The summed E-state index contributed by atoms with van der Waals surface area (Å²) in [6.45, 7) is 3.78. The highest BCUT2D eigenvalue weighted by atomic mass is 35.5. The Kier molecular flexibility index (Phi) is 3.33. The molecule has 0 fully saturated rings. The maximum atomic E-state index is 9.31. The van der Waals surface area contributed by atoms with Gasteiger partial charge in [-0.2, -0.15) is 0 Å². The average molecular weight is 203 g/mol. The lowest BCUT2D eigenvalue weighted by molar-refractivity contribution is 0.133. The standard InChI is InChI=1S/C9H15ClN2O/c1-6(7(2)13)4-9-11-5-8(10)12(9)3/h5-7,13H,4H2,1-3H3. The predicted octanol–water partition coefficient (Wildman–Crippen LogP) is 1.63. The first-order valence-electron chi connectivity index (χ1n) is 4.36. The Hall–Kier alpha value is -0.540. The van der Waals surface area contributed by atoms with Gasteiger partial charge in [0.15, 0.2) is 0 Å². The van der Waals surface area contributed by atoms with E-state index >= 15 is 0 Å². The van der Waals surface area contributed by atoms with Crippen molar-refractivity contribution in [3.63, 3.8) is 0 Å². The third kappa shape index (κ3) is 2.45. The van der Waals surface area contributed by atoms with E-state index < -0.39 is 0 Å². The van der Waals surface area contributed by atoms with Crippen molar-refractivity contribution in [2.75, 3.05) is 0 Å².